The first-order chi connectivity index (χ1) is 8.39. The number of aryl methyl sites for hydroxylation is 2. The van der Waals surface area contributed by atoms with E-state index in [1.165, 1.54) is 0 Å². The van der Waals surface area contributed by atoms with Gasteiger partial charge >= 0.3 is 5.97 Å². The molecule has 1 aromatic rings. The first-order valence-corrected chi connectivity index (χ1v) is 5.96. The molecule has 3 N–H and O–H groups in total. The summed E-state index contributed by atoms with van der Waals surface area (Å²) in [4.78, 5) is 10.7. The van der Waals surface area contributed by atoms with Crippen molar-refractivity contribution in [3.05, 3.63) is 35.2 Å². The van der Waals surface area contributed by atoms with Gasteiger partial charge < -0.3 is 15.4 Å². The van der Waals surface area contributed by atoms with E-state index in [4.69, 9.17) is 10.8 Å². The minimum Gasteiger partial charge on any atom is -0.481 e. The highest BCUT2D eigenvalue weighted by atomic mass is 16.4. The van der Waals surface area contributed by atoms with Gasteiger partial charge in [0.1, 0.15) is 0 Å². The zero-order valence-electron chi connectivity index (χ0n) is 10.7. The molecule has 0 spiro atoms. The molecule has 1 atom stereocenters. The molecule has 0 aliphatic heterocycles. The van der Waals surface area contributed by atoms with Crippen LogP contribution in [0.3, 0.4) is 0 Å². The predicted molar refractivity (Wildman–Crippen MR) is 72.0 cm³/mol. The van der Waals surface area contributed by atoms with E-state index in [2.05, 4.69) is 0 Å². The van der Waals surface area contributed by atoms with E-state index in [1.54, 1.807) is 0 Å². The highest BCUT2D eigenvalue weighted by molar-refractivity contribution is 5.72. The van der Waals surface area contributed by atoms with Crippen LogP contribution in [-0.4, -0.2) is 21.2 Å². The standard InChI is InChI=1S/C14H18N2O2/c1-14(15)7-5-11-10(3-4-13(17)18)9-16(2)12(11)6-8-14/h5-9H,3-4,15H2,1-2H3,(H,17,18). The van der Waals surface area contributed by atoms with Crippen LogP contribution in [0.15, 0.2) is 18.3 Å². The molecule has 1 aliphatic rings. The molecule has 0 bridgehead atoms. The number of hydrogen-bond donors (Lipinski definition) is 2. The molecule has 1 unspecified atom stereocenters. The Morgan fingerprint density at radius 2 is 2.11 bits per heavy atom. The molecule has 0 radical (unpaired) electrons. The van der Waals surface area contributed by atoms with Gasteiger partial charge in [0.15, 0.2) is 0 Å². The van der Waals surface area contributed by atoms with Gasteiger partial charge in [-0.2, -0.15) is 0 Å². The van der Waals surface area contributed by atoms with Gasteiger partial charge in [-0.3, -0.25) is 4.79 Å². The number of aromatic nitrogens is 1. The van der Waals surface area contributed by atoms with Gasteiger partial charge in [-0.1, -0.05) is 18.2 Å². The fraction of sp³-hybridized carbons (Fsp3) is 0.357. The van der Waals surface area contributed by atoms with E-state index in [-0.39, 0.29) is 6.42 Å². The fourth-order valence-corrected chi connectivity index (χ4v) is 2.14. The lowest BCUT2D eigenvalue weighted by atomic mass is 10.0. The van der Waals surface area contributed by atoms with E-state index in [9.17, 15) is 4.79 Å². The summed E-state index contributed by atoms with van der Waals surface area (Å²) < 4.78 is 2.01. The normalized spacial score (nSPS) is 21.7. The molecule has 0 fully saturated rings. The van der Waals surface area contributed by atoms with Gasteiger partial charge in [-0.15, -0.1) is 0 Å². The Hall–Kier alpha value is -1.81. The molecule has 1 heterocycles. The Kier molecular flexibility index (Phi) is 3.13. The maximum absolute atomic E-state index is 10.7. The van der Waals surface area contributed by atoms with Crippen LogP contribution >= 0.6 is 0 Å². The van der Waals surface area contributed by atoms with Gasteiger partial charge in [0.05, 0.1) is 5.54 Å². The second kappa shape index (κ2) is 4.46. The van der Waals surface area contributed by atoms with E-state index < -0.39 is 11.5 Å². The first kappa shape index (κ1) is 12.6. The number of carbonyl (C=O) groups is 1. The van der Waals surface area contributed by atoms with E-state index >= 15 is 0 Å². The van der Waals surface area contributed by atoms with Gasteiger partial charge in [0, 0.05) is 30.9 Å². The van der Waals surface area contributed by atoms with Gasteiger partial charge in [0.25, 0.3) is 0 Å². The number of hydrogen-bond acceptors (Lipinski definition) is 2. The van der Waals surface area contributed by atoms with Crippen molar-refractivity contribution in [1.29, 1.82) is 0 Å². The van der Waals surface area contributed by atoms with Crippen LogP contribution in [0.2, 0.25) is 0 Å². The van der Waals surface area contributed by atoms with Crippen LogP contribution in [-0.2, 0) is 18.3 Å². The number of aliphatic carboxylic acids is 1. The minimum atomic E-state index is -0.774. The van der Waals surface area contributed by atoms with Crippen LogP contribution in [0.25, 0.3) is 12.2 Å². The first-order valence-electron chi connectivity index (χ1n) is 5.96. The molecule has 96 valence electrons. The summed E-state index contributed by atoms with van der Waals surface area (Å²) in [6.07, 6.45) is 10.6. The molecular weight excluding hydrogens is 228 g/mol. The number of carboxylic acid groups (broad SMARTS) is 1. The van der Waals surface area contributed by atoms with Gasteiger partial charge in [-0.05, 0) is 25.0 Å². The van der Waals surface area contributed by atoms with Crippen LogP contribution in [0.4, 0.5) is 0 Å². The Morgan fingerprint density at radius 3 is 2.78 bits per heavy atom. The molecule has 4 nitrogen and oxygen atoms in total. The summed E-state index contributed by atoms with van der Waals surface area (Å²) in [5.41, 5.74) is 8.80. The summed E-state index contributed by atoms with van der Waals surface area (Å²) in [7, 11) is 1.96. The smallest absolute Gasteiger partial charge is 0.303 e. The Bertz CT molecular complexity index is 536. The van der Waals surface area contributed by atoms with Crippen molar-refractivity contribution in [2.24, 2.45) is 12.8 Å². The predicted octanol–water partition coefficient (Wildman–Crippen LogP) is 1.80. The van der Waals surface area contributed by atoms with Crippen LogP contribution in [0, 0.1) is 0 Å². The molecule has 0 aromatic carbocycles. The van der Waals surface area contributed by atoms with E-state index in [1.807, 2.05) is 49.0 Å². The number of fused-ring (bicyclic) bond motifs is 1. The van der Waals surface area contributed by atoms with Crippen molar-refractivity contribution in [3.8, 4) is 0 Å². The summed E-state index contributed by atoms with van der Waals surface area (Å²) in [5.74, 6) is -0.774. The molecule has 4 heteroatoms. The molecule has 0 saturated heterocycles. The Morgan fingerprint density at radius 1 is 1.44 bits per heavy atom. The Balaban J connectivity index is 2.38. The summed E-state index contributed by atoms with van der Waals surface area (Å²) >= 11 is 0. The fourth-order valence-electron chi connectivity index (χ4n) is 2.14. The molecule has 0 saturated carbocycles. The zero-order chi connectivity index (χ0) is 13.3. The molecular formula is C14H18N2O2. The average molecular weight is 246 g/mol. The largest absolute Gasteiger partial charge is 0.481 e. The monoisotopic (exact) mass is 246 g/mol. The number of rotatable bonds is 3. The second-order valence-corrected chi connectivity index (χ2v) is 4.99. The van der Waals surface area contributed by atoms with Gasteiger partial charge in [-0.25, -0.2) is 0 Å². The summed E-state index contributed by atoms with van der Waals surface area (Å²) in [5, 5.41) is 8.77. The van der Waals surface area contributed by atoms with Crippen molar-refractivity contribution in [2.75, 3.05) is 0 Å². The van der Waals surface area contributed by atoms with Crippen molar-refractivity contribution in [2.45, 2.75) is 25.3 Å². The van der Waals surface area contributed by atoms with Crippen molar-refractivity contribution in [3.63, 3.8) is 0 Å². The summed E-state index contributed by atoms with van der Waals surface area (Å²) in [6, 6.07) is 0. The third-order valence-corrected chi connectivity index (χ3v) is 3.17. The third kappa shape index (κ3) is 2.54. The molecule has 2 rings (SSSR count). The molecule has 1 aliphatic carbocycles. The average Bonchev–Trinajstić information content (AvgIpc) is 2.47. The molecule has 1 aromatic heterocycles. The summed E-state index contributed by atoms with van der Waals surface area (Å²) in [6.45, 7) is 1.93. The highest BCUT2D eigenvalue weighted by Crippen LogP contribution is 2.26. The minimum absolute atomic E-state index is 0.147. The highest BCUT2D eigenvalue weighted by Gasteiger charge is 2.17. The van der Waals surface area contributed by atoms with Crippen molar-refractivity contribution < 1.29 is 9.90 Å². The zero-order valence-corrected chi connectivity index (χ0v) is 10.7. The van der Waals surface area contributed by atoms with E-state index in [0.717, 1.165) is 16.8 Å². The lowest BCUT2D eigenvalue weighted by molar-refractivity contribution is -0.136. The number of carboxylic acids is 1. The molecule has 0 amide bonds. The lowest BCUT2D eigenvalue weighted by Gasteiger charge is -2.12. The van der Waals surface area contributed by atoms with E-state index in [0.29, 0.717) is 6.42 Å². The topological polar surface area (TPSA) is 68.2 Å². The maximum Gasteiger partial charge on any atom is 0.303 e. The number of nitrogens with zero attached hydrogens (tertiary/aromatic N) is 1. The lowest BCUT2D eigenvalue weighted by Crippen LogP contribution is -2.30. The van der Waals surface area contributed by atoms with Gasteiger partial charge in [0.2, 0.25) is 0 Å². The maximum atomic E-state index is 10.7. The second-order valence-electron chi connectivity index (χ2n) is 4.99. The Labute approximate surface area is 106 Å². The number of nitrogens with two attached hydrogens (primary N) is 1. The van der Waals surface area contributed by atoms with Crippen LogP contribution < -0.4 is 5.73 Å². The molecule has 18 heavy (non-hydrogen) atoms. The quantitative estimate of drug-likeness (QED) is 0.854. The van der Waals surface area contributed by atoms with Crippen LogP contribution in [0.1, 0.15) is 30.2 Å². The third-order valence-electron chi connectivity index (χ3n) is 3.17. The van der Waals surface area contributed by atoms with Crippen molar-refractivity contribution in [1.82, 2.24) is 4.57 Å². The SMILES string of the molecule is Cn1cc(CCC(=O)O)c2c1C=CC(C)(N)C=C2. The van der Waals surface area contributed by atoms with Crippen LogP contribution in [0.5, 0.6) is 0 Å². The van der Waals surface area contributed by atoms with Crippen molar-refractivity contribution >= 4 is 18.1 Å².